The summed E-state index contributed by atoms with van der Waals surface area (Å²) in [6.07, 6.45) is 4.47. The molecule has 250 valence electrons. The highest BCUT2D eigenvalue weighted by Gasteiger charge is 2.62. The molecule has 1 heterocycles. The Kier molecular flexibility index (Phi) is 8.78. The Hall–Kier alpha value is -4.38. The number of ether oxygens (including phenoxy) is 2. The second-order valence-corrected chi connectivity index (χ2v) is 13.7. The maximum atomic E-state index is 14.2. The summed E-state index contributed by atoms with van der Waals surface area (Å²) in [5.74, 6) is 0.260. The van der Waals surface area contributed by atoms with Gasteiger partial charge in [0.2, 0.25) is 0 Å². The van der Waals surface area contributed by atoms with E-state index in [0.717, 1.165) is 43.4 Å². The highest BCUT2D eigenvalue weighted by atomic mass is 16.5. The number of hydrogen-bond acceptors (Lipinski definition) is 7. The molecule has 0 saturated heterocycles. The molecule has 0 unspecified atom stereocenters. The number of rotatable bonds is 11. The maximum Gasteiger partial charge on any atom is 0.330 e. The third kappa shape index (κ3) is 5.64. The lowest BCUT2D eigenvalue weighted by atomic mass is 9.48. The van der Waals surface area contributed by atoms with Crippen molar-refractivity contribution in [3.05, 3.63) is 58.8 Å². The molecule has 2 aromatic carbocycles. The van der Waals surface area contributed by atoms with Crippen molar-refractivity contribution >= 4 is 17.8 Å². The molecule has 4 aliphatic carbocycles. The number of methoxy groups -OCH3 is 2. The molecular weight excluding hydrogens is 598 g/mol. The number of carboxylic acids is 1. The number of nitrogens with one attached hydrogen (secondary N) is 2. The Balaban J connectivity index is 1.43. The van der Waals surface area contributed by atoms with Crippen molar-refractivity contribution in [1.29, 1.82) is 0 Å². The van der Waals surface area contributed by atoms with Gasteiger partial charge in [-0.3, -0.25) is 9.59 Å². The van der Waals surface area contributed by atoms with Crippen LogP contribution in [0.2, 0.25) is 0 Å². The second-order valence-electron chi connectivity index (χ2n) is 13.7. The largest absolute Gasteiger partial charge is 0.496 e. The van der Waals surface area contributed by atoms with Crippen LogP contribution in [0.4, 0.5) is 0 Å². The first-order valence-corrected chi connectivity index (χ1v) is 16.4. The summed E-state index contributed by atoms with van der Waals surface area (Å²) < 4.78 is 13.1. The predicted octanol–water partition coefficient (Wildman–Crippen LogP) is 4.47. The number of carboxylic acid groups (broad SMARTS) is 1. The van der Waals surface area contributed by atoms with E-state index in [1.807, 2.05) is 57.1 Å². The topological polar surface area (TPSA) is 135 Å². The zero-order valence-electron chi connectivity index (χ0n) is 28.1. The van der Waals surface area contributed by atoms with Crippen molar-refractivity contribution < 1.29 is 29.0 Å². The first-order valence-electron chi connectivity index (χ1n) is 16.4. The molecule has 11 nitrogen and oxygen atoms in total. The molecule has 0 atom stereocenters. The highest BCUT2D eigenvalue weighted by molar-refractivity contribution is 5.99. The van der Waals surface area contributed by atoms with Crippen LogP contribution in [0.1, 0.15) is 64.1 Å². The van der Waals surface area contributed by atoms with Gasteiger partial charge in [0, 0.05) is 18.7 Å². The lowest BCUT2D eigenvalue weighted by Crippen LogP contribution is -2.70. The minimum absolute atomic E-state index is 0.0879. The smallest absolute Gasteiger partial charge is 0.330 e. The summed E-state index contributed by atoms with van der Waals surface area (Å²) in [6.45, 7) is 5.04. The van der Waals surface area contributed by atoms with Crippen molar-refractivity contribution in [3.63, 3.8) is 0 Å². The van der Waals surface area contributed by atoms with E-state index in [-0.39, 0.29) is 23.4 Å². The van der Waals surface area contributed by atoms with Gasteiger partial charge in [-0.1, -0.05) is 6.07 Å². The van der Waals surface area contributed by atoms with Crippen molar-refractivity contribution in [1.82, 2.24) is 25.3 Å². The van der Waals surface area contributed by atoms with E-state index in [1.165, 1.54) is 6.42 Å². The summed E-state index contributed by atoms with van der Waals surface area (Å²) in [6, 6.07) is 10.7. The standard InChI is InChI=1S/C36H45N5O6/c1-20-21(2)28(11-10-26(20)33(42)37-12-13-40(3)4)41-29(32-30(46-5)8-7-9-31(32)47-6)19-27(39-41)34(43)38-36(35(44)45)24-15-22-14-23(17-24)18-25(36)16-22/h7-11,19,22-25H,12-18H2,1-6H3,(H,37,42)(H,38,43)(H,44,45). The summed E-state index contributed by atoms with van der Waals surface area (Å²) >= 11 is 0. The molecule has 3 N–H and O–H groups in total. The normalized spacial score (nSPS) is 24.3. The van der Waals surface area contributed by atoms with E-state index in [9.17, 15) is 19.5 Å². The monoisotopic (exact) mass is 643 g/mol. The van der Waals surface area contributed by atoms with Gasteiger partial charge in [-0.2, -0.15) is 5.10 Å². The van der Waals surface area contributed by atoms with Gasteiger partial charge >= 0.3 is 5.97 Å². The number of carbonyl (C=O) groups excluding carboxylic acids is 2. The molecule has 4 saturated carbocycles. The fraction of sp³-hybridized carbons (Fsp3) is 0.500. The number of benzene rings is 2. The number of aromatic nitrogens is 2. The van der Waals surface area contributed by atoms with Crippen LogP contribution in [0.25, 0.3) is 16.9 Å². The van der Waals surface area contributed by atoms with E-state index in [2.05, 4.69) is 10.6 Å². The average molecular weight is 644 g/mol. The van der Waals surface area contributed by atoms with E-state index in [4.69, 9.17) is 14.6 Å². The van der Waals surface area contributed by atoms with Gasteiger partial charge in [0.15, 0.2) is 5.69 Å². The van der Waals surface area contributed by atoms with E-state index in [1.54, 1.807) is 31.0 Å². The fourth-order valence-corrected chi connectivity index (χ4v) is 8.51. The molecule has 3 aromatic rings. The second kappa shape index (κ2) is 12.7. The van der Waals surface area contributed by atoms with Gasteiger partial charge in [-0.05, 0) is 125 Å². The van der Waals surface area contributed by atoms with Crippen LogP contribution in [-0.4, -0.2) is 84.5 Å². The van der Waals surface area contributed by atoms with Crippen molar-refractivity contribution in [2.24, 2.45) is 23.7 Å². The van der Waals surface area contributed by atoms with Gasteiger partial charge in [-0.25, -0.2) is 9.48 Å². The molecule has 7 rings (SSSR count). The minimum atomic E-state index is -1.31. The lowest BCUT2D eigenvalue weighted by Gasteiger charge is -2.59. The molecule has 4 fully saturated rings. The highest BCUT2D eigenvalue weighted by Crippen LogP contribution is 2.58. The Morgan fingerprint density at radius 3 is 2.11 bits per heavy atom. The first-order chi connectivity index (χ1) is 22.5. The van der Waals surface area contributed by atoms with Crippen LogP contribution < -0.4 is 20.1 Å². The van der Waals surface area contributed by atoms with E-state index < -0.39 is 17.4 Å². The summed E-state index contributed by atoms with van der Waals surface area (Å²) in [4.78, 5) is 42.3. The SMILES string of the molecule is COc1cccc(OC)c1-c1cc(C(=O)NC2(C(=O)O)C3CC4CC(C3)CC2C4)nn1-c1ccc(C(=O)NCCN(C)C)c(C)c1C. The number of aliphatic carboxylic acids is 1. The first kappa shape index (κ1) is 32.6. The molecular formula is C36H45N5O6. The molecule has 4 bridgehead atoms. The third-order valence-electron chi connectivity index (χ3n) is 10.8. The molecule has 0 radical (unpaired) electrons. The van der Waals surface area contributed by atoms with Crippen LogP contribution in [0.3, 0.4) is 0 Å². The van der Waals surface area contributed by atoms with Gasteiger partial charge < -0.3 is 30.1 Å². The maximum absolute atomic E-state index is 14.2. The number of carbonyl (C=O) groups is 3. The quantitative estimate of drug-likeness (QED) is 0.279. The van der Waals surface area contributed by atoms with Crippen LogP contribution in [0.5, 0.6) is 11.5 Å². The number of nitrogens with zero attached hydrogens (tertiary/aromatic N) is 3. The zero-order valence-corrected chi connectivity index (χ0v) is 28.1. The van der Waals surface area contributed by atoms with E-state index >= 15 is 0 Å². The molecule has 0 spiro atoms. The molecule has 0 aliphatic heterocycles. The van der Waals surface area contributed by atoms with Crippen LogP contribution in [0.15, 0.2) is 36.4 Å². The van der Waals surface area contributed by atoms with Crippen molar-refractivity contribution in [2.45, 2.75) is 51.5 Å². The molecule has 1 aromatic heterocycles. The van der Waals surface area contributed by atoms with Gasteiger partial charge in [0.25, 0.3) is 11.8 Å². The number of hydrogen-bond donors (Lipinski definition) is 3. The molecule has 4 aliphatic rings. The van der Waals surface area contributed by atoms with Crippen LogP contribution in [-0.2, 0) is 4.79 Å². The fourth-order valence-electron chi connectivity index (χ4n) is 8.51. The minimum Gasteiger partial charge on any atom is -0.496 e. The summed E-state index contributed by atoms with van der Waals surface area (Å²) in [5, 5.41) is 21.5. The Morgan fingerprint density at radius 2 is 1.55 bits per heavy atom. The summed E-state index contributed by atoms with van der Waals surface area (Å²) in [7, 11) is 7.03. The number of likely N-dealkylation sites (N-methyl/N-ethyl adjacent to an activating group) is 1. The molecule has 11 heteroatoms. The van der Waals surface area contributed by atoms with Crippen molar-refractivity contribution in [2.75, 3.05) is 41.4 Å². The average Bonchev–Trinajstić information content (AvgIpc) is 3.47. The summed E-state index contributed by atoms with van der Waals surface area (Å²) in [5.41, 5.74) is 2.70. The van der Waals surface area contributed by atoms with Crippen LogP contribution >= 0.6 is 0 Å². The molecule has 2 amide bonds. The van der Waals surface area contributed by atoms with Gasteiger partial charge in [0.1, 0.15) is 17.0 Å². The third-order valence-corrected chi connectivity index (χ3v) is 10.8. The number of amides is 2. The van der Waals surface area contributed by atoms with Crippen LogP contribution in [0, 0.1) is 37.5 Å². The predicted molar refractivity (Wildman–Crippen MR) is 177 cm³/mol. The Morgan fingerprint density at radius 1 is 0.936 bits per heavy atom. The van der Waals surface area contributed by atoms with Crippen molar-refractivity contribution in [3.8, 4) is 28.4 Å². The van der Waals surface area contributed by atoms with E-state index in [0.29, 0.717) is 52.4 Å². The zero-order chi connectivity index (χ0) is 33.6. The Bertz CT molecular complexity index is 1660. The lowest BCUT2D eigenvalue weighted by molar-refractivity contribution is -0.163. The van der Waals surface area contributed by atoms with Gasteiger partial charge in [0.05, 0.1) is 31.2 Å². The molecule has 47 heavy (non-hydrogen) atoms. The Labute approximate surface area is 275 Å². The van der Waals surface area contributed by atoms with Gasteiger partial charge in [-0.15, -0.1) is 0 Å².